The minimum absolute atomic E-state index is 0. The molecule has 240 valence electrons. The van der Waals surface area contributed by atoms with Crippen LogP contribution in [-0.2, 0) is 22.7 Å². The maximum Gasteiger partial charge on any atom is 1.00 e. The van der Waals surface area contributed by atoms with Crippen molar-refractivity contribution in [3.63, 3.8) is 0 Å². The smallest absolute Gasteiger partial charge is 0.387 e. The summed E-state index contributed by atoms with van der Waals surface area (Å²) in [7, 11) is -9.37. The zero-order chi connectivity index (χ0) is 30.6. The van der Waals surface area contributed by atoms with E-state index in [0.717, 1.165) is 19.3 Å². The number of nitrogen functional groups attached to an aromatic ring is 1. The predicted octanol–water partition coefficient (Wildman–Crippen LogP) is 1.83. The van der Waals surface area contributed by atoms with Crippen LogP contribution in [0.15, 0.2) is 12.7 Å². The molecule has 43 heavy (non-hydrogen) atoms. The number of ether oxygens (including phenoxy) is 1. The number of aliphatic hydroxyl groups excluding tert-OH is 2. The molecule has 1 aliphatic heterocycles. The summed E-state index contributed by atoms with van der Waals surface area (Å²) in [6.07, 6.45) is 12.6. The molecule has 0 radical (unpaired) electrons. The molecule has 17 heteroatoms. The minimum Gasteiger partial charge on any atom is -0.387 e. The number of aromatic nitrogens is 4. The van der Waals surface area contributed by atoms with Gasteiger partial charge in [-0.2, -0.15) is 0 Å². The maximum atomic E-state index is 12.4. The van der Waals surface area contributed by atoms with Crippen molar-refractivity contribution < 1.29 is 72.3 Å². The Morgan fingerprint density at radius 2 is 1.44 bits per heavy atom. The number of nitrogens with two attached hydrogens (primary N) is 1. The summed E-state index contributed by atoms with van der Waals surface area (Å²) in [6.45, 7) is 1.54. The van der Waals surface area contributed by atoms with Crippen molar-refractivity contribution in [1.82, 2.24) is 19.5 Å². The van der Waals surface area contributed by atoms with Crippen molar-refractivity contribution >= 4 is 32.4 Å². The summed E-state index contributed by atoms with van der Waals surface area (Å²) in [5.41, 5.74) is 6.30. The molecular weight excluding hydrogens is 611 g/mol. The van der Waals surface area contributed by atoms with Gasteiger partial charge in [0.25, 0.3) is 0 Å². The topological polar surface area (TPSA) is 212 Å². The number of hydrogen-bond donors (Lipinski definition) is 5. The first kappa shape index (κ1) is 38.7. The summed E-state index contributed by atoms with van der Waals surface area (Å²) in [4.78, 5) is 32.1. The van der Waals surface area contributed by atoms with E-state index in [1.165, 1.54) is 75.0 Å². The normalized spacial score (nSPS) is 23.2. The summed E-state index contributed by atoms with van der Waals surface area (Å²) in [6, 6.07) is 0. The number of phosphoric acid groups is 1. The molecule has 0 aromatic carbocycles. The second kappa shape index (κ2) is 19.3. The Bertz CT molecular complexity index is 1190. The Morgan fingerprint density at radius 1 is 0.884 bits per heavy atom. The standard InChI is InChI=1S/C26H47N5O9P2.Na/c1-2-3-4-5-6-7-8-9-10-11-12-13-14-15-16-41(34,35)40-42(36,37)38-17-20-22(32)23(33)26(39-20)31-19-30-21-24(27)28-18-29-25(21)31;/h18-20,22-23,26,32-33H,2-17H2,1H3,(H,34,35)(H,36,37)(H2,27,28,29);/q;+1. The first-order chi connectivity index (χ1) is 20.0. The third-order valence-corrected chi connectivity index (χ3v) is 10.6. The number of imidazole rings is 1. The van der Waals surface area contributed by atoms with Crippen LogP contribution in [0.5, 0.6) is 0 Å². The van der Waals surface area contributed by atoms with Crippen LogP contribution >= 0.6 is 15.4 Å². The van der Waals surface area contributed by atoms with Crippen LogP contribution in [0, 0.1) is 0 Å². The molecule has 0 aliphatic carbocycles. The molecule has 6 atom stereocenters. The number of fused-ring (bicyclic) bond motifs is 1. The molecule has 3 rings (SSSR count). The fraction of sp³-hybridized carbons (Fsp3) is 0.808. The molecule has 1 fully saturated rings. The molecule has 0 amide bonds. The summed E-state index contributed by atoms with van der Waals surface area (Å²) in [5.74, 6) is 0.118. The van der Waals surface area contributed by atoms with Gasteiger partial charge in [0.2, 0.25) is 0 Å². The van der Waals surface area contributed by atoms with Gasteiger partial charge in [-0.25, -0.2) is 23.8 Å². The first-order valence-electron chi connectivity index (χ1n) is 15.0. The van der Waals surface area contributed by atoms with Crippen LogP contribution < -0.4 is 35.3 Å². The zero-order valence-corrected chi connectivity index (χ0v) is 29.2. The van der Waals surface area contributed by atoms with Gasteiger partial charge in [-0.1, -0.05) is 90.4 Å². The van der Waals surface area contributed by atoms with Crippen LogP contribution in [-0.4, -0.2) is 70.6 Å². The number of phosphoric ester groups is 1. The fourth-order valence-electron chi connectivity index (χ4n) is 5.05. The third-order valence-electron chi connectivity index (χ3n) is 7.43. The van der Waals surface area contributed by atoms with Crippen molar-refractivity contribution in [2.24, 2.45) is 0 Å². The number of aliphatic hydroxyl groups is 2. The molecule has 0 saturated carbocycles. The van der Waals surface area contributed by atoms with Crippen molar-refractivity contribution in [2.45, 2.75) is 121 Å². The van der Waals surface area contributed by atoms with Crippen molar-refractivity contribution in [2.75, 3.05) is 18.5 Å². The second-order valence-corrected chi connectivity index (χ2v) is 14.5. The van der Waals surface area contributed by atoms with Gasteiger partial charge in [-0.3, -0.25) is 13.7 Å². The average molecular weight is 659 g/mol. The summed E-state index contributed by atoms with van der Waals surface area (Å²) >= 11 is 0. The average Bonchev–Trinajstić information content (AvgIpc) is 3.48. The summed E-state index contributed by atoms with van der Waals surface area (Å²) in [5, 5.41) is 20.9. The zero-order valence-electron chi connectivity index (χ0n) is 25.4. The van der Waals surface area contributed by atoms with Crippen LogP contribution in [0.4, 0.5) is 5.82 Å². The minimum atomic E-state index is -4.97. The number of anilines is 1. The van der Waals surface area contributed by atoms with E-state index >= 15 is 0 Å². The Kier molecular flexibility index (Phi) is 17.3. The van der Waals surface area contributed by atoms with Crippen molar-refractivity contribution in [3.8, 4) is 0 Å². The number of rotatable bonds is 21. The predicted molar refractivity (Wildman–Crippen MR) is 158 cm³/mol. The first-order valence-corrected chi connectivity index (χ1v) is 18.3. The van der Waals surface area contributed by atoms with Gasteiger partial charge in [0, 0.05) is 0 Å². The molecule has 0 bridgehead atoms. The van der Waals surface area contributed by atoms with E-state index in [1.807, 2.05) is 0 Å². The van der Waals surface area contributed by atoms with Gasteiger partial charge >= 0.3 is 45.0 Å². The number of hydrogen-bond acceptors (Lipinski definition) is 11. The second-order valence-electron chi connectivity index (χ2n) is 10.9. The van der Waals surface area contributed by atoms with Gasteiger partial charge in [0.15, 0.2) is 17.7 Å². The van der Waals surface area contributed by atoms with E-state index in [0.29, 0.717) is 12.8 Å². The van der Waals surface area contributed by atoms with Gasteiger partial charge in [0.05, 0.1) is 19.1 Å². The van der Waals surface area contributed by atoms with E-state index < -0.39 is 46.6 Å². The quantitative estimate of drug-likeness (QED) is 0.0737. The van der Waals surface area contributed by atoms with Gasteiger partial charge in [-0.15, -0.1) is 0 Å². The van der Waals surface area contributed by atoms with Crippen molar-refractivity contribution in [1.29, 1.82) is 0 Å². The van der Waals surface area contributed by atoms with E-state index in [-0.39, 0.29) is 52.7 Å². The molecule has 1 aliphatic rings. The Balaban J connectivity index is 0.00000645. The molecule has 0 spiro atoms. The van der Waals surface area contributed by atoms with Gasteiger partial charge in [0.1, 0.15) is 30.2 Å². The largest absolute Gasteiger partial charge is 1.00 e. The van der Waals surface area contributed by atoms with E-state index in [9.17, 15) is 29.1 Å². The number of unbranched alkanes of at least 4 members (excludes halogenated alkanes) is 13. The van der Waals surface area contributed by atoms with E-state index in [1.54, 1.807) is 0 Å². The Hall–Kier alpha value is -0.470. The van der Waals surface area contributed by atoms with E-state index in [2.05, 4.69) is 26.2 Å². The molecule has 6 unspecified atom stereocenters. The molecule has 2 aromatic heterocycles. The van der Waals surface area contributed by atoms with Crippen LogP contribution in [0.3, 0.4) is 0 Å². The molecule has 14 nitrogen and oxygen atoms in total. The third kappa shape index (κ3) is 12.7. The number of nitrogens with zero attached hydrogens (tertiary/aromatic N) is 4. The molecule has 3 heterocycles. The monoisotopic (exact) mass is 658 g/mol. The Labute approximate surface area is 275 Å². The van der Waals surface area contributed by atoms with Crippen LogP contribution in [0.1, 0.15) is 103 Å². The van der Waals surface area contributed by atoms with E-state index in [4.69, 9.17) is 15.0 Å². The molecular formula is C26H47N5NaO9P2+. The van der Waals surface area contributed by atoms with Crippen molar-refractivity contribution in [3.05, 3.63) is 12.7 Å². The molecule has 6 N–H and O–H groups in total. The van der Waals surface area contributed by atoms with Gasteiger partial charge < -0.3 is 30.5 Å². The SMILES string of the molecule is CCCCCCCCCCCCCCCCP(=O)(O)OP(=O)(O)OCC1OC(n2cnc3c(N)ncnc32)C(O)C1O.[Na+]. The van der Waals surface area contributed by atoms with Crippen LogP contribution in [0.25, 0.3) is 11.2 Å². The summed E-state index contributed by atoms with van der Waals surface area (Å²) < 4.78 is 41.2. The van der Waals surface area contributed by atoms with Gasteiger partial charge in [-0.05, 0) is 6.42 Å². The van der Waals surface area contributed by atoms with Crippen LogP contribution in [0.2, 0.25) is 0 Å². The molecule has 1 saturated heterocycles. The molecule has 2 aromatic rings. The Morgan fingerprint density at radius 3 is 2.02 bits per heavy atom. The fourth-order valence-corrected chi connectivity index (χ4v) is 7.82. The maximum absolute atomic E-state index is 12.4.